The van der Waals surface area contributed by atoms with Gasteiger partial charge in [-0.05, 0) is 117 Å². The van der Waals surface area contributed by atoms with Crippen molar-refractivity contribution >= 4 is 0 Å². The first-order valence-corrected chi connectivity index (χ1v) is 17.2. The van der Waals surface area contributed by atoms with Crippen LogP contribution >= 0.6 is 0 Å². The van der Waals surface area contributed by atoms with Gasteiger partial charge in [-0.25, -0.2) is 13.2 Å². The van der Waals surface area contributed by atoms with Gasteiger partial charge in [0.15, 0.2) is 23.2 Å². The largest absolute Gasteiger partial charge is 0.490 e. The number of allylic oxidation sites excluding steroid dienone is 2. The SMILES string of the molecule is CC=CCCC1CCC(C2CCC(c3ccc(-c4ccc(-c5ccc(OCCCCC)c(F)c5F)cc4)c(F)c3F)CC2)CC1. The second-order valence-electron chi connectivity index (χ2n) is 13.2. The third kappa shape index (κ3) is 8.02. The van der Waals surface area contributed by atoms with E-state index in [2.05, 4.69) is 26.0 Å². The lowest BCUT2D eigenvalue weighted by atomic mass is 9.68. The normalized spacial score (nSPS) is 22.2. The number of rotatable bonds is 12. The maximum Gasteiger partial charge on any atom is 0.201 e. The molecule has 45 heavy (non-hydrogen) atoms. The molecule has 3 aromatic rings. The number of ether oxygens (including phenoxy) is 1. The van der Waals surface area contributed by atoms with Crippen molar-refractivity contribution in [2.75, 3.05) is 6.61 Å². The van der Waals surface area contributed by atoms with Gasteiger partial charge < -0.3 is 4.74 Å². The number of hydrogen-bond donors (Lipinski definition) is 0. The van der Waals surface area contributed by atoms with Crippen molar-refractivity contribution in [2.24, 2.45) is 17.8 Å². The van der Waals surface area contributed by atoms with Crippen LogP contribution in [0.1, 0.15) is 109 Å². The number of benzene rings is 3. The van der Waals surface area contributed by atoms with Crippen molar-refractivity contribution in [1.82, 2.24) is 0 Å². The molecule has 0 saturated heterocycles. The van der Waals surface area contributed by atoms with Gasteiger partial charge in [0.2, 0.25) is 5.82 Å². The Bertz CT molecular complexity index is 1410. The van der Waals surface area contributed by atoms with Crippen LogP contribution in [0.15, 0.2) is 60.7 Å². The highest BCUT2D eigenvalue weighted by Crippen LogP contribution is 2.45. The lowest BCUT2D eigenvalue weighted by Crippen LogP contribution is -2.25. The van der Waals surface area contributed by atoms with Crippen LogP contribution in [-0.2, 0) is 0 Å². The van der Waals surface area contributed by atoms with Gasteiger partial charge in [0.25, 0.3) is 0 Å². The zero-order chi connectivity index (χ0) is 31.8. The second kappa shape index (κ2) is 16.0. The van der Waals surface area contributed by atoms with Crippen LogP contribution in [0.4, 0.5) is 17.6 Å². The van der Waals surface area contributed by atoms with E-state index < -0.39 is 23.3 Å². The van der Waals surface area contributed by atoms with Crippen molar-refractivity contribution in [2.45, 2.75) is 103 Å². The molecule has 0 amide bonds. The maximum atomic E-state index is 15.5. The van der Waals surface area contributed by atoms with E-state index in [-0.39, 0.29) is 22.8 Å². The van der Waals surface area contributed by atoms with Gasteiger partial charge in [-0.2, -0.15) is 4.39 Å². The zero-order valence-electron chi connectivity index (χ0n) is 26.9. The average Bonchev–Trinajstić information content (AvgIpc) is 3.07. The number of unbranched alkanes of at least 4 members (excludes halogenated alkanes) is 2. The van der Waals surface area contributed by atoms with Gasteiger partial charge in [-0.15, -0.1) is 0 Å². The lowest BCUT2D eigenvalue weighted by Gasteiger charge is -2.38. The zero-order valence-corrected chi connectivity index (χ0v) is 26.9. The summed E-state index contributed by atoms with van der Waals surface area (Å²) >= 11 is 0. The molecule has 5 heteroatoms. The van der Waals surface area contributed by atoms with Crippen LogP contribution in [0.5, 0.6) is 5.75 Å². The Kier molecular flexibility index (Phi) is 11.8. The molecule has 0 aromatic heterocycles. The molecular weight excluding hydrogens is 572 g/mol. The van der Waals surface area contributed by atoms with E-state index in [1.165, 1.54) is 50.7 Å². The van der Waals surface area contributed by atoms with Gasteiger partial charge in [0.1, 0.15) is 0 Å². The third-order valence-corrected chi connectivity index (χ3v) is 10.4. The topological polar surface area (TPSA) is 9.23 Å². The monoisotopic (exact) mass is 620 g/mol. The second-order valence-corrected chi connectivity index (χ2v) is 13.2. The van der Waals surface area contributed by atoms with Gasteiger partial charge >= 0.3 is 0 Å². The predicted octanol–water partition coefficient (Wildman–Crippen LogP) is 12.6. The van der Waals surface area contributed by atoms with Crippen molar-refractivity contribution < 1.29 is 22.3 Å². The number of hydrogen-bond acceptors (Lipinski definition) is 1. The fraction of sp³-hybridized carbons (Fsp3) is 0.500. The van der Waals surface area contributed by atoms with Gasteiger partial charge in [0.05, 0.1) is 6.61 Å². The van der Waals surface area contributed by atoms with Crippen LogP contribution in [0.2, 0.25) is 0 Å². The fourth-order valence-electron chi connectivity index (χ4n) is 7.68. The van der Waals surface area contributed by atoms with Crippen molar-refractivity contribution in [3.8, 4) is 28.0 Å². The van der Waals surface area contributed by atoms with Gasteiger partial charge in [-0.3, -0.25) is 0 Å². The Morgan fingerprint density at radius 3 is 1.84 bits per heavy atom. The van der Waals surface area contributed by atoms with Crippen molar-refractivity contribution in [1.29, 1.82) is 0 Å². The third-order valence-electron chi connectivity index (χ3n) is 10.4. The molecule has 2 aliphatic rings. The molecule has 2 saturated carbocycles. The lowest BCUT2D eigenvalue weighted by molar-refractivity contribution is 0.156. The van der Waals surface area contributed by atoms with Crippen LogP contribution in [0, 0.1) is 41.0 Å². The number of halogens is 4. The Hall–Kier alpha value is -3.08. The summed E-state index contributed by atoms with van der Waals surface area (Å²) in [5.41, 5.74) is 1.68. The Labute approximate surface area is 267 Å². The van der Waals surface area contributed by atoms with E-state index in [0.717, 1.165) is 56.8 Å². The van der Waals surface area contributed by atoms with Crippen molar-refractivity contribution in [3.05, 3.63) is 89.5 Å². The summed E-state index contributed by atoms with van der Waals surface area (Å²) in [7, 11) is 0. The van der Waals surface area contributed by atoms with E-state index in [1.807, 2.05) is 0 Å². The first kappa shape index (κ1) is 33.3. The summed E-state index contributed by atoms with van der Waals surface area (Å²) in [6.45, 7) is 4.48. The van der Waals surface area contributed by atoms with E-state index in [4.69, 9.17) is 4.74 Å². The molecule has 2 aliphatic carbocycles. The molecule has 3 aromatic carbocycles. The quantitative estimate of drug-likeness (QED) is 0.111. The maximum absolute atomic E-state index is 15.5. The van der Waals surface area contributed by atoms with E-state index in [9.17, 15) is 8.78 Å². The minimum Gasteiger partial charge on any atom is -0.490 e. The molecule has 0 atom stereocenters. The summed E-state index contributed by atoms with van der Waals surface area (Å²) in [4.78, 5) is 0. The molecule has 0 aliphatic heterocycles. The molecule has 2 fully saturated rings. The molecule has 0 unspecified atom stereocenters. The minimum absolute atomic E-state index is 0.0424. The van der Waals surface area contributed by atoms with E-state index in [0.29, 0.717) is 29.2 Å². The molecular formula is C40H48F4O. The average molecular weight is 621 g/mol. The highest BCUT2D eigenvalue weighted by atomic mass is 19.2. The van der Waals surface area contributed by atoms with Crippen LogP contribution in [0.3, 0.4) is 0 Å². The summed E-state index contributed by atoms with van der Waals surface area (Å²) in [5.74, 6) is -1.33. The molecule has 1 nitrogen and oxygen atoms in total. The molecule has 5 rings (SSSR count). The Morgan fingerprint density at radius 2 is 1.24 bits per heavy atom. The minimum atomic E-state index is -1.02. The highest BCUT2D eigenvalue weighted by Gasteiger charge is 2.32. The highest BCUT2D eigenvalue weighted by molar-refractivity contribution is 5.72. The first-order valence-electron chi connectivity index (χ1n) is 17.2. The van der Waals surface area contributed by atoms with E-state index in [1.54, 1.807) is 36.4 Å². The van der Waals surface area contributed by atoms with E-state index >= 15 is 8.78 Å². The predicted molar refractivity (Wildman–Crippen MR) is 176 cm³/mol. The fourth-order valence-corrected chi connectivity index (χ4v) is 7.68. The molecule has 242 valence electrons. The van der Waals surface area contributed by atoms with Crippen LogP contribution < -0.4 is 4.74 Å². The molecule has 0 heterocycles. The molecule has 0 bridgehead atoms. The Balaban J connectivity index is 1.19. The van der Waals surface area contributed by atoms with Crippen molar-refractivity contribution in [3.63, 3.8) is 0 Å². The van der Waals surface area contributed by atoms with Crippen LogP contribution in [-0.4, -0.2) is 6.61 Å². The molecule has 0 radical (unpaired) electrons. The first-order chi connectivity index (χ1) is 21.9. The van der Waals surface area contributed by atoms with Gasteiger partial charge in [0, 0.05) is 11.1 Å². The van der Waals surface area contributed by atoms with Gasteiger partial charge in [-0.1, -0.05) is 81.2 Å². The summed E-state index contributed by atoms with van der Waals surface area (Å²) in [6, 6.07) is 12.8. The molecule has 0 spiro atoms. The smallest absolute Gasteiger partial charge is 0.201 e. The Morgan fingerprint density at radius 1 is 0.667 bits per heavy atom. The van der Waals surface area contributed by atoms with Crippen LogP contribution in [0.25, 0.3) is 22.3 Å². The summed E-state index contributed by atoms with van der Waals surface area (Å²) < 4.78 is 65.9. The summed E-state index contributed by atoms with van der Waals surface area (Å²) in [5, 5.41) is 0. The standard InChI is InChI=1S/C40H48F4O/c1-3-5-7-9-27-10-12-28(13-11-27)29-14-16-30(17-15-29)33-22-23-34(38(42)37(33)41)31-18-20-32(21-19-31)35-24-25-36(40(44)39(35)43)45-26-8-6-4-2/h3,5,18-25,27-30H,4,6-17,26H2,1-2H3. The molecule has 0 N–H and O–H groups in total. The summed E-state index contributed by atoms with van der Waals surface area (Å²) in [6.07, 6.45) is 18.9.